The molecule has 0 aromatic rings. The third kappa shape index (κ3) is 11.6. The van der Waals surface area contributed by atoms with Gasteiger partial charge in [0.1, 0.15) is 18.2 Å². The van der Waals surface area contributed by atoms with E-state index in [0.29, 0.717) is 0 Å². The molecule has 2 atom stereocenters. The smallest absolute Gasteiger partial charge is 0.302 e. The first kappa shape index (κ1) is 20.1. The summed E-state index contributed by atoms with van der Waals surface area (Å²) in [4.78, 5) is 31.6. The summed E-state index contributed by atoms with van der Waals surface area (Å²) in [5, 5.41) is 8.48. The molecule has 2 unspecified atom stereocenters. The fourth-order valence-corrected chi connectivity index (χ4v) is 1.29. The van der Waals surface area contributed by atoms with Crippen molar-refractivity contribution in [1.29, 1.82) is 0 Å². The van der Waals surface area contributed by atoms with Gasteiger partial charge in [0.15, 0.2) is 0 Å². The van der Waals surface area contributed by atoms with Crippen LogP contribution < -0.4 is 0 Å². The third-order valence-electron chi connectivity index (χ3n) is 2.84. The Hall–Kier alpha value is -1.23. The Morgan fingerprint density at radius 3 is 1.53 bits per heavy atom. The molecule has 112 valence electrons. The Labute approximate surface area is 115 Å². The number of ketones is 2. The summed E-state index contributed by atoms with van der Waals surface area (Å²) in [6.45, 7) is 8.36. The van der Waals surface area contributed by atoms with Crippen molar-refractivity contribution in [2.45, 2.75) is 47.5 Å². The van der Waals surface area contributed by atoms with Gasteiger partial charge in [0.25, 0.3) is 0 Å². The van der Waals surface area contributed by atoms with Crippen LogP contribution in [-0.2, 0) is 19.1 Å². The van der Waals surface area contributed by atoms with Crippen molar-refractivity contribution in [2.75, 3.05) is 13.2 Å². The van der Waals surface area contributed by atoms with Gasteiger partial charge >= 0.3 is 5.97 Å². The molecule has 0 aliphatic carbocycles. The molecular weight excluding hydrogens is 248 g/mol. The number of rotatable bonds is 7. The summed E-state index contributed by atoms with van der Waals surface area (Å²) >= 11 is 0. The van der Waals surface area contributed by atoms with Crippen molar-refractivity contribution in [3.8, 4) is 0 Å². The number of esters is 1. The van der Waals surface area contributed by atoms with Gasteiger partial charge < -0.3 is 9.84 Å². The SMILES string of the molecule is CCC(CO)C(C)=O.CCC(COC(C)=O)C(C)=O. The van der Waals surface area contributed by atoms with Gasteiger partial charge in [-0.1, -0.05) is 13.8 Å². The Balaban J connectivity index is 0. The number of Topliss-reactive ketones (excluding diaryl/α,β-unsaturated/α-hetero) is 2. The molecule has 0 saturated heterocycles. The van der Waals surface area contributed by atoms with Crippen molar-refractivity contribution in [3.05, 3.63) is 0 Å². The zero-order chi connectivity index (χ0) is 15.4. The minimum atomic E-state index is -0.329. The second-order valence-electron chi connectivity index (χ2n) is 4.42. The molecule has 0 aliphatic rings. The second kappa shape index (κ2) is 11.8. The van der Waals surface area contributed by atoms with E-state index < -0.39 is 0 Å². The van der Waals surface area contributed by atoms with E-state index in [9.17, 15) is 14.4 Å². The molecule has 0 spiro atoms. The van der Waals surface area contributed by atoms with Crippen LogP contribution in [0.5, 0.6) is 0 Å². The van der Waals surface area contributed by atoms with Gasteiger partial charge in [0.2, 0.25) is 0 Å². The minimum absolute atomic E-state index is 0.00810. The van der Waals surface area contributed by atoms with Gasteiger partial charge in [-0.05, 0) is 26.7 Å². The number of ether oxygens (including phenoxy) is 1. The molecule has 0 aromatic heterocycles. The first-order chi connectivity index (χ1) is 8.79. The number of hydrogen-bond donors (Lipinski definition) is 1. The predicted molar refractivity (Wildman–Crippen MR) is 72.6 cm³/mol. The van der Waals surface area contributed by atoms with Crippen LogP contribution in [0.3, 0.4) is 0 Å². The van der Waals surface area contributed by atoms with Crippen LogP contribution in [0.25, 0.3) is 0 Å². The highest BCUT2D eigenvalue weighted by atomic mass is 16.5. The van der Waals surface area contributed by atoms with Crippen LogP contribution in [0.4, 0.5) is 0 Å². The van der Waals surface area contributed by atoms with Gasteiger partial charge in [-0.2, -0.15) is 0 Å². The van der Waals surface area contributed by atoms with Crippen LogP contribution in [0.1, 0.15) is 47.5 Å². The Kier molecular flexibility index (Phi) is 12.5. The Morgan fingerprint density at radius 2 is 1.37 bits per heavy atom. The molecule has 0 rings (SSSR count). The van der Waals surface area contributed by atoms with Crippen LogP contribution in [-0.4, -0.2) is 35.9 Å². The molecule has 0 radical (unpaired) electrons. The topological polar surface area (TPSA) is 80.7 Å². The monoisotopic (exact) mass is 274 g/mol. The molecule has 0 aromatic carbocycles. The summed E-state index contributed by atoms with van der Waals surface area (Å²) in [7, 11) is 0. The molecule has 0 aliphatic heterocycles. The number of aliphatic hydroxyl groups excluding tert-OH is 1. The normalized spacial score (nSPS) is 12.7. The van der Waals surface area contributed by atoms with Crippen molar-refractivity contribution in [1.82, 2.24) is 0 Å². The number of carbonyl (C=O) groups excluding carboxylic acids is 3. The molecule has 5 nitrogen and oxygen atoms in total. The van der Waals surface area contributed by atoms with Gasteiger partial charge in [-0.25, -0.2) is 0 Å². The van der Waals surface area contributed by atoms with Gasteiger partial charge in [-0.15, -0.1) is 0 Å². The maximum absolute atomic E-state index is 10.8. The van der Waals surface area contributed by atoms with Crippen LogP contribution >= 0.6 is 0 Å². The Morgan fingerprint density at radius 1 is 0.947 bits per heavy atom. The van der Waals surface area contributed by atoms with Gasteiger partial charge in [0, 0.05) is 12.8 Å². The minimum Gasteiger partial charge on any atom is -0.465 e. The maximum Gasteiger partial charge on any atom is 0.302 e. The average molecular weight is 274 g/mol. The van der Waals surface area contributed by atoms with E-state index in [1.807, 2.05) is 13.8 Å². The quantitative estimate of drug-likeness (QED) is 0.715. The van der Waals surface area contributed by atoms with E-state index in [2.05, 4.69) is 0 Å². The number of carbonyl (C=O) groups is 3. The first-order valence-corrected chi connectivity index (χ1v) is 6.55. The Bertz CT molecular complexity index is 282. The van der Waals surface area contributed by atoms with E-state index in [1.165, 1.54) is 20.8 Å². The number of aliphatic hydroxyl groups is 1. The summed E-state index contributed by atoms with van der Waals surface area (Å²) in [5.41, 5.74) is 0. The van der Waals surface area contributed by atoms with Gasteiger partial charge in [0.05, 0.1) is 12.5 Å². The van der Waals surface area contributed by atoms with E-state index in [1.54, 1.807) is 0 Å². The molecule has 0 bridgehead atoms. The third-order valence-corrected chi connectivity index (χ3v) is 2.84. The summed E-state index contributed by atoms with van der Waals surface area (Å²) in [5.74, 6) is -0.428. The molecule has 0 amide bonds. The van der Waals surface area contributed by atoms with E-state index in [4.69, 9.17) is 9.84 Å². The lowest BCUT2D eigenvalue weighted by atomic mass is 10.0. The fourth-order valence-electron chi connectivity index (χ4n) is 1.29. The van der Waals surface area contributed by atoms with Crippen LogP contribution in [0.2, 0.25) is 0 Å². The van der Waals surface area contributed by atoms with Crippen molar-refractivity contribution in [3.63, 3.8) is 0 Å². The lowest BCUT2D eigenvalue weighted by Gasteiger charge is -2.09. The van der Waals surface area contributed by atoms with E-state index in [0.717, 1.165) is 12.8 Å². The fraction of sp³-hybridized carbons (Fsp3) is 0.786. The molecular formula is C14H26O5. The highest BCUT2D eigenvalue weighted by Gasteiger charge is 2.12. The molecule has 1 N–H and O–H groups in total. The van der Waals surface area contributed by atoms with Crippen molar-refractivity contribution >= 4 is 17.5 Å². The van der Waals surface area contributed by atoms with Crippen LogP contribution in [0, 0.1) is 11.8 Å². The lowest BCUT2D eigenvalue weighted by Crippen LogP contribution is -2.18. The molecule has 0 heterocycles. The zero-order valence-corrected chi connectivity index (χ0v) is 12.6. The summed E-state index contributed by atoms with van der Waals surface area (Å²) < 4.78 is 4.70. The zero-order valence-electron chi connectivity index (χ0n) is 12.6. The van der Waals surface area contributed by atoms with E-state index >= 15 is 0 Å². The highest BCUT2D eigenvalue weighted by Crippen LogP contribution is 2.04. The molecule has 5 heteroatoms. The van der Waals surface area contributed by atoms with Crippen molar-refractivity contribution < 1.29 is 24.2 Å². The summed E-state index contributed by atoms with van der Waals surface area (Å²) in [6.07, 6.45) is 1.47. The van der Waals surface area contributed by atoms with Crippen molar-refractivity contribution in [2.24, 2.45) is 11.8 Å². The first-order valence-electron chi connectivity index (χ1n) is 6.55. The highest BCUT2D eigenvalue weighted by molar-refractivity contribution is 5.78. The van der Waals surface area contributed by atoms with E-state index in [-0.39, 0.29) is 42.6 Å². The van der Waals surface area contributed by atoms with Crippen LogP contribution in [0.15, 0.2) is 0 Å². The molecule has 0 saturated carbocycles. The summed E-state index contributed by atoms with van der Waals surface area (Å²) in [6, 6.07) is 0. The lowest BCUT2D eigenvalue weighted by molar-refractivity contribution is -0.143. The largest absolute Gasteiger partial charge is 0.465 e. The van der Waals surface area contributed by atoms with Gasteiger partial charge in [-0.3, -0.25) is 14.4 Å². The predicted octanol–water partition coefficient (Wildman–Crippen LogP) is 1.76. The second-order valence-corrected chi connectivity index (χ2v) is 4.42. The number of hydrogen-bond acceptors (Lipinski definition) is 5. The average Bonchev–Trinajstić information content (AvgIpc) is 2.30. The standard InChI is InChI=1S/C8H14O3.C6H12O2/c1-4-8(6(2)9)5-11-7(3)10;1-3-6(4-7)5(2)8/h8H,4-5H2,1-3H3;6-7H,3-4H2,1-2H3. The molecule has 19 heavy (non-hydrogen) atoms. The molecule has 0 fully saturated rings. The maximum atomic E-state index is 10.8.